The standard InChI is InChI=1S/C19H30F3NO/c1-12(2)14-5-4-13(3)10-15(14)16(24)23-18-8-6-17(11-18,7-9-18)19(20,21)22/h12-15H,4-11H2,1-3H3,(H,23,24). The Bertz CT molecular complexity index is 491. The smallest absolute Gasteiger partial charge is 0.350 e. The summed E-state index contributed by atoms with van der Waals surface area (Å²) < 4.78 is 40.2. The van der Waals surface area contributed by atoms with Crippen molar-refractivity contribution in [2.75, 3.05) is 0 Å². The second-order valence-electron chi connectivity index (χ2n) is 9.16. The first kappa shape index (κ1) is 18.1. The van der Waals surface area contributed by atoms with Crippen molar-refractivity contribution in [2.45, 2.75) is 83.9 Å². The highest BCUT2D eigenvalue weighted by atomic mass is 19.4. The number of fused-ring (bicyclic) bond motifs is 2. The number of amides is 1. The van der Waals surface area contributed by atoms with Gasteiger partial charge >= 0.3 is 6.18 Å². The predicted molar refractivity (Wildman–Crippen MR) is 87.3 cm³/mol. The Morgan fingerprint density at radius 3 is 2.25 bits per heavy atom. The van der Waals surface area contributed by atoms with Gasteiger partial charge in [0.25, 0.3) is 0 Å². The molecule has 0 radical (unpaired) electrons. The lowest BCUT2D eigenvalue weighted by Gasteiger charge is -2.39. The topological polar surface area (TPSA) is 29.1 Å². The van der Waals surface area contributed by atoms with Crippen molar-refractivity contribution in [1.82, 2.24) is 5.32 Å². The summed E-state index contributed by atoms with van der Waals surface area (Å²) in [7, 11) is 0. The summed E-state index contributed by atoms with van der Waals surface area (Å²) in [4.78, 5) is 13.0. The van der Waals surface area contributed by atoms with Crippen LogP contribution in [0.25, 0.3) is 0 Å². The zero-order valence-electron chi connectivity index (χ0n) is 15.0. The molecule has 138 valence electrons. The second kappa shape index (κ2) is 5.91. The van der Waals surface area contributed by atoms with Gasteiger partial charge < -0.3 is 5.32 Å². The van der Waals surface area contributed by atoms with Crippen LogP contribution in [0.4, 0.5) is 13.2 Å². The lowest BCUT2D eigenvalue weighted by atomic mass is 9.69. The molecular weight excluding hydrogens is 315 g/mol. The molecule has 2 nitrogen and oxygen atoms in total. The number of halogens is 3. The Morgan fingerprint density at radius 1 is 1.12 bits per heavy atom. The molecule has 5 heteroatoms. The van der Waals surface area contributed by atoms with Crippen LogP contribution in [0.2, 0.25) is 0 Å². The van der Waals surface area contributed by atoms with E-state index in [0.29, 0.717) is 30.6 Å². The van der Waals surface area contributed by atoms with E-state index in [1.165, 1.54) is 0 Å². The molecule has 3 unspecified atom stereocenters. The maximum Gasteiger partial charge on any atom is 0.394 e. The Balaban J connectivity index is 1.71. The zero-order valence-corrected chi connectivity index (χ0v) is 15.0. The summed E-state index contributed by atoms with van der Waals surface area (Å²) in [6.07, 6.45) is 0.316. The van der Waals surface area contributed by atoms with Crippen LogP contribution in [0.1, 0.15) is 72.1 Å². The van der Waals surface area contributed by atoms with Gasteiger partial charge in [-0.3, -0.25) is 4.79 Å². The summed E-state index contributed by atoms with van der Waals surface area (Å²) in [6.45, 7) is 6.48. The highest BCUT2D eigenvalue weighted by molar-refractivity contribution is 5.80. The lowest BCUT2D eigenvalue weighted by molar-refractivity contribution is -0.220. The third-order valence-corrected chi connectivity index (χ3v) is 7.19. The van der Waals surface area contributed by atoms with E-state index in [0.717, 1.165) is 19.3 Å². The Morgan fingerprint density at radius 2 is 1.75 bits per heavy atom. The number of hydrogen-bond acceptors (Lipinski definition) is 1. The Labute approximate surface area is 142 Å². The highest BCUT2D eigenvalue weighted by Crippen LogP contribution is 2.63. The van der Waals surface area contributed by atoms with E-state index in [1.807, 2.05) is 0 Å². The largest absolute Gasteiger partial charge is 0.394 e. The van der Waals surface area contributed by atoms with Gasteiger partial charge in [-0.15, -0.1) is 0 Å². The van der Waals surface area contributed by atoms with Crippen molar-refractivity contribution >= 4 is 5.91 Å². The van der Waals surface area contributed by atoms with Crippen LogP contribution in [0.15, 0.2) is 0 Å². The molecule has 3 rings (SSSR count). The number of hydrogen-bond donors (Lipinski definition) is 1. The molecule has 3 saturated carbocycles. The average Bonchev–Trinajstić information content (AvgIpc) is 3.03. The van der Waals surface area contributed by atoms with E-state index in [9.17, 15) is 18.0 Å². The predicted octanol–water partition coefficient (Wildman–Crippen LogP) is 5.08. The van der Waals surface area contributed by atoms with E-state index >= 15 is 0 Å². The third-order valence-electron chi connectivity index (χ3n) is 7.19. The maximum atomic E-state index is 13.4. The first-order chi connectivity index (χ1) is 11.1. The van der Waals surface area contributed by atoms with Crippen LogP contribution < -0.4 is 5.32 Å². The van der Waals surface area contributed by atoms with Gasteiger partial charge in [0.2, 0.25) is 5.91 Å². The van der Waals surface area contributed by atoms with E-state index in [2.05, 4.69) is 26.1 Å². The zero-order chi connectivity index (χ0) is 17.8. The molecule has 0 spiro atoms. The number of carbonyl (C=O) groups excluding carboxylic acids is 1. The molecule has 24 heavy (non-hydrogen) atoms. The molecule has 1 amide bonds. The van der Waals surface area contributed by atoms with Crippen LogP contribution in [-0.2, 0) is 4.79 Å². The number of carbonyl (C=O) groups is 1. The summed E-state index contributed by atoms with van der Waals surface area (Å²) in [5, 5.41) is 3.12. The molecule has 1 N–H and O–H groups in total. The van der Waals surface area contributed by atoms with Crippen LogP contribution >= 0.6 is 0 Å². The average molecular weight is 345 g/mol. The molecule has 3 fully saturated rings. The second-order valence-corrected chi connectivity index (χ2v) is 9.16. The fourth-order valence-electron chi connectivity index (χ4n) is 5.62. The molecule has 0 saturated heterocycles. The molecule has 0 heterocycles. The minimum atomic E-state index is -4.14. The quantitative estimate of drug-likeness (QED) is 0.759. The van der Waals surface area contributed by atoms with Gasteiger partial charge in [0, 0.05) is 11.5 Å². The summed E-state index contributed by atoms with van der Waals surface area (Å²) in [6, 6.07) is 0. The first-order valence-electron chi connectivity index (χ1n) is 9.46. The van der Waals surface area contributed by atoms with Crippen LogP contribution in [0.3, 0.4) is 0 Å². The minimum Gasteiger partial charge on any atom is -0.350 e. The fourth-order valence-corrected chi connectivity index (χ4v) is 5.62. The molecule has 3 aliphatic carbocycles. The van der Waals surface area contributed by atoms with Crippen molar-refractivity contribution < 1.29 is 18.0 Å². The van der Waals surface area contributed by atoms with Gasteiger partial charge in [0.15, 0.2) is 0 Å². The fraction of sp³-hybridized carbons (Fsp3) is 0.947. The van der Waals surface area contributed by atoms with Gasteiger partial charge in [-0.1, -0.05) is 27.2 Å². The van der Waals surface area contributed by atoms with Crippen LogP contribution in [-0.4, -0.2) is 17.6 Å². The number of alkyl halides is 3. The third kappa shape index (κ3) is 2.96. The molecule has 3 aliphatic rings. The number of rotatable bonds is 3. The molecule has 2 bridgehead atoms. The van der Waals surface area contributed by atoms with Crippen molar-refractivity contribution in [2.24, 2.45) is 29.1 Å². The van der Waals surface area contributed by atoms with E-state index < -0.39 is 17.1 Å². The van der Waals surface area contributed by atoms with Crippen molar-refractivity contribution in [3.8, 4) is 0 Å². The molecule has 0 aromatic rings. The SMILES string of the molecule is CC1CCC(C(C)C)C(C(=O)NC23CCC(C(F)(F)F)(CC2)C3)C1. The van der Waals surface area contributed by atoms with Gasteiger partial charge in [-0.05, 0) is 62.7 Å². The van der Waals surface area contributed by atoms with Crippen molar-refractivity contribution in [1.29, 1.82) is 0 Å². The highest BCUT2D eigenvalue weighted by Gasteiger charge is 2.66. The van der Waals surface area contributed by atoms with Crippen LogP contribution in [0.5, 0.6) is 0 Å². The molecule has 0 aromatic carbocycles. The van der Waals surface area contributed by atoms with E-state index in [4.69, 9.17) is 0 Å². The maximum absolute atomic E-state index is 13.4. The minimum absolute atomic E-state index is 0.0140. The summed E-state index contributed by atoms with van der Waals surface area (Å²) >= 11 is 0. The van der Waals surface area contributed by atoms with Crippen molar-refractivity contribution in [3.05, 3.63) is 0 Å². The summed E-state index contributed by atoms with van der Waals surface area (Å²) in [5.41, 5.74) is -2.15. The van der Waals surface area contributed by atoms with Gasteiger partial charge in [-0.25, -0.2) is 0 Å². The molecule has 3 atom stereocenters. The Hall–Kier alpha value is -0.740. The molecular formula is C19H30F3NO. The van der Waals surface area contributed by atoms with Gasteiger partial charge in [-0.2, -0.15) is 13.2 Å². The first-order valence-corrected chi connectivity index (χ1v) is 9.46. The van der Waals surface area contributed by atoms with Gasteiger partial charge in [0.05, 0.1) is 5.41 Å². The molecule has 0 aliphatic heterocycles. The lowest BCUT2D eigenvalue weighted by Crippen LogP contribution is -2.50. The monoisotopic (exact) mass is 345 g/mol. The molecule has 0 aromatic heterocycles. The normalized spacial score (nSPS) is 42.5. The Kier molecular flexibility index (Phi) is 4.45. The summed E-state index contributed by atoms with van der Waals surface area (Å²) in [5.74, 6) is 1.29. The van der Waals surface area contributed by atoms with Gasteiger partial charge in [0.1, 0.15) is 0 Å². The van der Waals surface area contributed by atoms with Crippen molar-refractivity contribution in [3.63, 3.8) is 0 Å². The van der Waals surface area contributed by atoms with E-state index in [1.54, 1.807) is 0 Å². The van der Waals surface area contributed by atoms with Crippen LogP contribution in [0, 0.1) is 29.1 Å². The number of nitrogens with one attached hydrogen (secondary N) is 1. The van der Waals surface area contributed by atoms with E-state index in [-0.39, 0.29) is 31.1 Å².